The van der Waals surface area contributed by atoms with Gasteiger partial charge >= 0.3 is 0 Å². The molecule has 0 N–H and O–H groups in total. The third kappa shape index (κ3) is 3.48. The van der Waals surface area contributed by atoms with Crippen molar-refractivity contribution in [1.82, 2.24) is 0 Å². The number of aryl methyl sites for hydroxylation is 1. The molecule has 0 atom stereocenters. The maximum atomic E-state index is 10.7. The number of rotatable bonds is 5. The largest absolute Gasteiger partial charge is 0.489 e. The lowest BCUT2D eigenvalue weighted by Gasteiger charge is -2.10. The highest BCUT2D eigenvalue weighted by Crippen LogP contribution is 2.26. The van der Waals surface area contributed by atoms with Crippen molar-refractivity contribution in [3.8, 4) is 5.75 Å². The Morgan fingerprint density at radius 2 is 2.05 bits per heavy atom. The van der Waals surface area contributed by atoms with E-state index < -0.39 is 4.92 Å². The molecule has 0 fully saturated rings. The quantitative estimate of drug-likeness (QED) is 0.471. The molecule has 2 rings (SSSR count). The van der Waals surface area contributed by atoms with Gasteiger partial charge in [-0.15, -0.1) is 11.6 Å². The zero-order chi connectivity index (χ0) is 14.5. The van der Waals surface area contributed by atoms with E-state index in [1.807, 2.05) is 31.2 Å². The SMILES string of the molecule is Cc1cccc(COc2ccc([N+](=O)[O-])cc2CCl)c1. The van der Waals surface area contributed by atoms with Gasteiger partial charge in [0.05, 0.1) is 10.8 Å². The minimum Gasteiger partial charge on any atom is -0.489 e. The third-order valence-electron chi connectivity index (χ3n) is 2.88. The lowest BCUT2D eigenvalue weighted by Crippen LogP contribution is -1.99. The van der Waals surface area contributed by atoms with Gasteiger partial charge in [-0.2, -0.15) is 0 Å². The van der Waals surface area contributed by atoms with E-state index in [-0.39, 0.29) is 11.6 Å². The Morgan fingerprint density at radius 1 is 1.25 bits per heavy atom. The molecule has 2 aromatic rings. The van der Waals surface area contributed by atoms with Crippen LogP contribution in [-0.4, -0.2) is 4.92 Å². The zero-order valence-corrected chi connectivity index (χ0v) is 11.8. The van der Waals surface area contributed by atoms with Crippen LogP contribution in [0.4, 0.5) is 5.69 Å². The highest BCUT2D eigenvalue weighted by atomic mass is 35.5. The van der Waals surface area contributed by atoms with Crippen molar-refractivity contribution in [2.45, 2.75) is 19.4 Å². The van der Waals surface area contributed by atoms with Gasteiger partial charge in [0.1, 0.15) is 12.4 Å². The lowest BCUT2D eigenvalue weighted by molar-refractivity contribution is -0.384. The molecular weight excluding hydrogens is 278 g/mol. The molecule has 0 amide bonds. The molecule has 0 aliphatic carbocycles. The summed E-state index contributed by atoms with van der Waals surface area (Å²) in [7, 11) is 0. The van der Waals surface area contributed by atoms with E-state index in [2.05, 4.69) is 0 Å². The number of nitro benzene ring substituents is 1. The van der Waals surface area contributed by atoms with Crippen molar-refractivity contribution in [2.75, 3.05) is 0 Å². The fraction of sp³-hybridized carbons (Fsp3) is 0.200. The minimum absolute atomic E-state index is 0.0172. The van der Waals surface area contributed by atoms with Gasteiger partial charge in [-0.3, -0.25) is 10.1 Å². The highest BCUT2D eigenvalue weighted by Gasteiger charge is 2.11. The van der Waals surface area contributed by atoms with Crippen molar-refractivity contribution < 1.29 is 9.66 Å². The molecule has 0 saturated carbocycles. The standard InChI is InChI=1S/C15H14ClNO3/c1-11-3-2-4-12(7-11)10-20-15-6-5-14(17(18)19)8-13(15)9-16/h2-8H,9-10H2,1H3. The minimum atomic E-state index is -0.444. The van der Waals surface area contributed by atoms with Gasteiger partial charge in [0.2, 0.25) is 0 Å². The van der Waals surface area contributed by atoms with Crippen molar-refractivity contribution in [1.29, 1.82) is 0 Å². The van der Waals surface area contributed by atoms with E-state index >= 15 is 0 Å². The number of nitro groups is 1. The smallest absolute Gasteiger partial charge is 0.270 e. The summed E-state index contributed by atoms with van der Waals surface area (Å²) in [5.74, 6) is 0.747. The predicted octanol–water partition coefficient (Wildman–Crippen LogP) is 4.22. The molecule has 2 aromatic carbocycles. The number of halogens is 1. The number of non-ortho nitro benzene ring substituents is 1. The van der Waals surface area contributed by atoms with Crippen LogP contribution in [0.25, 0.3) is 0 Å². The number of alkyl halides is 1. The molecule has 0 aromatic heterocycles. The second-order valence-corrected chi connectivity index (χ2v) is 4.73. The predicted molar refractivity (Wildman–Crippen MR) is 78.2 cm³/mol. The second kappa shape index (κ2) is 6.39. The first-order chi connectivity index (χ1) is 9.60. The maximum Gasteiger partial charge on any atom is 0.270 e. The Labute approximate surface area is 122 Å². The number of ether oxygens (including phenoxy) is 1. The molecule has 4 nitrogen and oxygen atoms in total. The Balaban J connectivity index is 2.15. The highest BCUT2D eigenvalue weighted by molar-refractivity contribution is 6.17. The lowest BCUT2D eigenvalue weighted by atomic mass is 10.1. The van der Waals surface area contributed by atoms with Crippen LogP contribution in [0.1, 0.15) is 16.7 Å². The second-order valence-electron chi connectivity index (χ2n) is 4.46. The van der Waals surface area contributed by atoms with Crippen LogP contribution >= 0.6 is 11.6 Å². The van der Waals surface area contributed by atoms with Gasteiger partial charge in [0, 0.05) is 17.7 Å². The van der Waals surface area contributed by atoms with E-state index in [4.69, 9.17) is 16.3 Å². The van der Waals surface area contributed by atoms with Crippen molar-refractivity contribution in [2.24, 2.45) is 0 Å². The summed E-state index contributed by atoms with van der Waals surface area (Å²) in [6.07, 6.45) is 0. The van der Waals surface area contributed by atoms with E-state index in [1.54, 1.807) is 6.07 Å². The molecule has 104 valence electrons. The topological polar surface area (TPSA) is 52.4 Å². The number of benzene rings is 2. The fourth-order valence-electron chi connectivity index (χ4n) is 1.89. The Kier molecular flexibility index (Phi) is 4.58. The molecule has 0 aliphatic rings. The molecule has 0 saturated heterocycles. The first-order valence-corrected chi connectivity index (χ1v) is 6.65. The third-order valence-corrected chi connectivity index (χ3v) is 3.16. The van der Waals surface area contributed by atoms with Gasteiger partial charge in [-0.1, -0.05) is 29.8 Å². The van der Waals surface area contributed by atoms with Crippen LogP contribution in [0.2, 0.25) is 0 Å². The Morgan fingerprint density at radius 3 is 2.70 bits per heavy atom. The molecule has 0 heterocycles. The van der Waals surface area contributed by atoms with E-state index in [0.717, 1.165) is 11.1 Å². The van der Waals surface area contributed by atoms with Gasteiger partial charge in [0.15, 0.2) is 0 Å². The van der Waals surface area contributed by atoms with Gasteiger partial charge in [-0.25, -0.2) is 0 Å². The molecule has 0 unspecified atom stereocenters. The number of hydrogen-bond acceptors (Lipinski definition) is 3. The summed E-state index contributed by atoms with van der Waals surface area (Å²) < 4.78 is 5.70. The average molecular weight is 292 g/mol. The summed E-state index contributed by atoms with van der Waals surface area (Å²) in [5, 5.41) is 10.7. The normalized spacial score (nSPS) is 10.3. The monoisotopic (exact) mass is 291 g/mol. The molecule has 5 heteroatoms. The van der Waals surface area contributed by atoms with E-state index in [0.29, 0.717) is 17.9 Å². The molecule has 0 radical (unpaired) electrons. The summed E-state index contributed by atoms with van der Waals surface area (Å²) in [6.45, 7) is 2.42. The van der Waals surface area contributed by atoms with E-state index in [9.17, 15) is 10.1 Å². The molecule has 0 aliphatic heterocycles. The summed E-state index contributed by atoms with van der Waals surface area (Å²) in [4.78, 5) is 10.3. The van der Waals surface area contributed by atoms with Crippen molar-refractivity contribution in [3.63, 3.8) is 0 Å². The molecule has 0 spiro atoms. The fourth-order valence-corrected chi connectivity index (χ4v) is 2.10. The molecular formula is C15H14ClNO3. The van der Waals surface area contributed by atoms with Crippen LogP contribution in [0.5, 0.6) is 5.75 Å². The average Bonchev–Trinajstić information content (AvgIpc) is 2.45. The van der Waals surface area contributed by atoms with Gasteiger partial charge < -0.3 is 4.74 Å². The van der Waals surface area contributed by atoms with Crippen LogP contribution in [0.3, 0.4) is 0 Å². The van der Waals surface area contributed by atoms with Gasteiger partial charge in [-0.05, 0) is 18.6 Å². The van der Waals surface area contributed by atoms with E-state index in [1.165, 1.54) is 12.1 Å². The maximum absolute atomic E-state index is 10.7. The summed E-state index contributed by atoms with van der Waals surface area (Å²) >= 11 is 5.81. The first kappa shape index (κ1) is 14.3. The Bertz CT molecular complexity index is 628. The number of nitrogens with zero attached hydrogens (tertiary/aromatic N) is 1. The van der Waals surface area contributed by atoms with Crippen molar-refractivity contribution in [3.05, 3.63) is 69.3 Å². The van der Waals surface area contributed by atoms with Crippen LogP contribution in [0, 0.1) is 17.0 Å². The first-order valence-electron chi connectivity index (χ1n) is 6.12. The Hall–Kier alpha value is -2.07. The van der Waals surface area contributed by atoms with Gasteiger partial charge in [0.25, 0.3) is 5.69 Å². The summed E-state index contributed by atoms with van der Waals surface area (Å²) in [5.41, 5.74) is 2.84. The molecule has 20 heavy (non-hydrogen) atoms. The van der Waals surface area contributed by atoms with Crippen LogP contribution in [0.15, 0.2) is 42.5 Å². The summed E-state index contributed by atoms with van der Waals surface area (Å²) in [6, 6.07) is 12.4. The molecule has 0 bridgehead atoms. The zero-order valence-electron chi connectivity index (χ0n) is 11.0. The van der Waals surface area contributed by atoms with Crippen LogP contribution < -0.4 is 4.74 Å². The van der Waals surface area contributed by atoms with Crippen molar-refractivity contribution >= 4 is 17.3 Å². The number of hydrogen-bond donors (Lipinski definition) is 0. The van der Waals surface area contributed by atoms with Crippen LogP contribution in [-0.2, 0) is 12.5 Å².